The molecule has 0 spiro atoms. The summed E-state index contributed by atoms with van der Waals surface area (Å²) in [6, 6.07) is 6.15. The van der Waals surface area contributed by atoms with E-state index in [0.717, 1.165) is 39.9 Å². The number of ether oxygens (including phenoxy) is 1. The molecule has 6 nitrogen and oxygen atoms in total. The maximum atomic E-state index is 11.9. The van der Waals surface area contributed by atoms with E-state index in [9.17, 15) is 9.90 Å². The molecular weight excluding hydrogens is 342 g/mol. The lowest BCUT2D eigenvalue weighted by atomic mass is 9.95. The number of hydrogen-bond donors (Lipinski definition) is 1. The van der Waals surface area contributed by atoms with Crippen LogP contribution in [-0.4, -0.2) is 32.3 Å². The number of nitrogens with zero attached hydrogens (tertiary/aromatic N) is 3. The van der Waals surface area contributed by atoms with E-state index in [0.29, 0.717) is 18.7 Å². The molecule has 142 valence electrons. The highest BCUT2D eigenvalue weighted by atomic mass is 16.5. The summed E-state index contributed by atoms with van der Waals surface area (Å²) in [6.07, 6.45) is 5.15. The summed E-state index contributed by atoms with van der Waals surface area (Å²) >= 11 is 0. The van der Waals surface area contributed by atoms with E-state index in [2.05, 4.69) is 23.1 Å². The summed E-state index contributed by atoms with van der Waals surface area (Å²) in [6.45, 7) is 6.03. The Morgan fingerprint density at radius 2 is 2.07 bits per heavy atom. The van der Waals surface area contributed by atoms with Crippen molar-refractivity contribution in [2.75, 3.05) is 6.61 Å². The predicted molar refractivity (Wildman–Crippen MR) is 103 cm³/mol. The molecule has 0 unspecified atom stereocenters. The van der Waals surface area contributed by atoms with Gasteiger partial charge in [-0.3, -0.25) is 9.78 Å². The first-order valence-electron chi connectivity index (χ1n) is 9.29. The van der Waals surface area contributed by atoms with Crippen LogP contribution in [0.1, 0.15) is 42.8 Å². The van der Waals surface area contributed by atoms with Crippen molar-refractivity contribution in [3.63, 3.8) is 0 Å². The Balaban J connectivity index is 2.21. The van der Waals surface area contributed by atoms with E-state index in [1.807, 2.05) is 36.0 Å². The molecule has 1 N–H and O–H groups in total. The fraction of sp³-hybridized carbons (Fsp3) is 0.381. The van der Waals surface area contributed by atoms with Crippen LogP contribution in [0.3, 0.4) is 0 Å². The molecule has 0 aromatic carbocycles. The molecule has 0 atom stereocenters. The molecule has 0 aliphatic carbocycles. The Kier molecular flexibility index (Phi) is 5.86. The molecule has 0 saturated heterocycles. The fourth-order valence-corrected chi connectivity index (χ4v) is 3.40. The van der Waals surface area contributed by atoms with Crippen LogP contribution in [0.5, 0.6) is 0 Å². The van der Waals surface area contributed by atoms with Crippen molar-refractivity contribution in [2.45, 2.75) is 46.6 Å². The maximum Gasteiger partial charge on any atom is 0.306 e. The SMILES string of the molecule is CCOC(=O)CCc1c(CO)nn2c(CC)ccc2c1-c1cncc(C)c1. The van der Waals surface area contributed by atoms with Crippen LogP contribution < -0.4 is 0 Å². The number of aliphatic hydroxyl groups is 1. The summed E-state index contributed by atoms with van der Waals surface area (Å²) in [5.41, 5.74) is 6.44. The number of fused-ring (bicyclic) bond motifs is 1. The monoisotopic (exact) mass is 367 g/mol. The molecule has 0 saturated carbocycles. The normalized spacial score (nSPS) is 11.1. The molecule has 0 aliphatic rings. The van der Waals surface area contributed by atoms with Crippen LogP contribution in [0.4, 0.5) is 0 Å². The van der Waals surface area contributed by atoms with E-state index in [-0.39, 0.29) is 19.0 Å². The van der Waals surface area contributed by atoms with E-state index in [1.54, 1.807) is 6.92 Å². The molecule has 6 heteroatoms. The van der Waals surface area contributed by atoms with Crippen molar-refractivity contribution in [1.82, 2.24) is 14.6 Å². The highest BCUT2D eigenvalue weighted by molar-refractivity contribution is 5.84. The van der Waals surface area contributed by atoms with Crippen molar-refractivity contribution in [3.8, 4) is 11.1 Å². The second kappa shape index (κ2) is 8.31. The topological polar surface area (TPSA) is 76.7 Å². The van der Waals surface area contributed by atoms with Gasteiger partial charge in [-0.1, -0.05) is 6.92 Å². The first kappa shape index (κ1) is 19.0. The Bertz CT molecular complexity index is 963. The largest absolute Gasteiger partial charge is 0.466 e. The van der Waals surface area contributed by atoms with Gasteiger partial charge in [-0.05, 0) is 56.0 Å². The zero-order chi connectivity index (χ0) is 19.4. The van der Waals surface area contributed by atoms with Gasteiger partial charge in [0.2, 0.25) is 0 Å². The van der Waals surface area contributed by atoms with Crippen LogP contribution in [0, 0.1) is 6.92 Å². The molecule has 0 amide bonds. The predicted octanol–water partition coefficient (Wildman–Crippen LogP) is 3.26. The van der Waals surface area contributed by atoms with Gasteiger partial charge in [0.05, 0.1) is 24.4 Å². The molecule has 3 heterocycles. The molecule has 3 aromatic rings. The summed E-state index contributed by atoms with van der Waals surface area (Å²) in [5, 5.41) is 14.6. The highest BCUT2D eigenvalue weighted by Gasteiger charge is 2.19. The highest BCUT2D eigenvalue weighted by Crippen LogP contribution is 2.32. The van der Waals surface area contributed by atoms with E-state index in [4.69, 9.17) is 4.74 Å². The third-order valence-corrected chi connectivity index (χ3v) is 4.62. The number of pyridine rings is 1. The molecule has 27 heavy (non-hydrogen) atoms. The van der Waals surface area contributed by atoms with Gasteiger partial charge in [0.1, 0.15) is 0 Å². The number of aliphatic hydroxyl groups excluding tert-OH is 1. The zero-order valence-corrected chi connectivity index (χ0v) is 16.0. The molecular formula is C21H25N3O3. The van der Waals surface area contributed by atoms with Crippen LogP contribution in [0.2, 0.25) is 0 Å². The standard InChI is InChI=1S/C21H25N3O3/c1-4-16-6-8-19-21(15-10-14(3)11-22-12-15)17(7-9-20(26)27-5-2)18(13-25)23-24(16)19/h6,8,10-12,25H,4-5,7,9,13H2,1-3H3. The maximum absolute atomic E-state index is 11.9. The molecule has 3 aromatic heterocycles. The smallest absolute Gasteiger partial charge is 0.306 e. The summed E-state index contributed by atoms with van der Waals surface area (Å²) in [5.74, 6) is -0.251. The Morgan fingerprint density at radius 3 is 2.74 bits per heavy atom. The van der Waals surface area contributed by atoms with E-state index in [1.165, 1.54) is 0 Å². The minimum Gasteiger partial charge on any atom is -0.466 e. The third-order valence-electron chi connectivity index (χ3n) is 4.62. The van der Waals surface area contributed by atoms with Crippen molar-refractivity contribution in [1.29, 1.82) is 0 Å². The molecule has 0 radical (unpaired) electrons. The number of rotatable bonds is 7. The van der Waals surface area contributed by atoms with Crippen LogP contribution >= 0.6 is 0 Å². The van der Waals surface area contributed by atoms with Gasteiger partial charge < -0.3 is 9.84 Å². The summed E-state index contributed by atoms with van der Waals surface area (Å²) in [7, 11) is 0. The number of esters is 1. The number of aryl methyl sites for hydroxylation is 2. The fourth-order valence-electron chi connectivity index (χ4n) is 3.40. The third kappa shape index (κ3) is 3.85. The van der Waals surface area contributed by atoms with Gasteiger partial charge in [-0.2, -0.15) is 5.10 Å². The lowest BCUT2D eigenvalue weighted by molar-refractivity contribution is -0.143. The van der Waals surface area contributed by atoms with Gasteiger partial charge in [-0.15, -0.1) is 0 Å². The van der Waals surface area contributed by atoms with Gasteiger partial charge in [-0.25, -0.2) is 4.52 Å². The van der Waals surface area contributed by atoms with Crippen molar-refractivity contribution in [3.05, 3.63) is 53.1 Å². The average Bonchev–Trinajstić information content (AvgIpc) is 3.07. The number of aromatic nitrogens is 3. The quantitative estimate of drug-likeness (QED) is 0.649. The van der Waals surface area contributed by atoms with Gasteiger partial charge in [0.25, 0.3) is 0 Å². The van der Waals surface area contributed by atoms with Crippen LogP contribution in [0.25, 0.3) is 16.6 Å². The summed E-state index contributed by atoms with van der Waals surface area (Å²) < 4.78 is 6.96. The molecule has 3 rings (SSSR count). The summed E-state index contributed by atoms with van der Waals surface area (Å²) in [4.78, 5) is 16.2. The number of carbonyl (C=O) groups is 1. The average molecular weight is 367 g/mol. The molecule has 0 aliphatic heterocycles. The van der Waals surface area contributed by atoms with Crippen molar-refractivity contribution < 1.29 is 14.6 Å². The number of carbonyl (C=O) groups excluding carboxylic acids is 1. The first-order valence-corrected chi connectivity index (χ1v) is 9.29. The Labute approximate surface area is 158 Å². The van der Waals surface area contributed by atoms with Crippen molar-refractivity contribution in [2.24, 2.45) is 0 Å². The zero-order valence-electron chi connectivity index (χ0n) is 16.0. The lowest BCUT2D eigenvalue weighted by Gasteiger charge is -2.16. The molecule has 0 fully saturated rings. The Morgan fingerprint density at radius 1 is 1.26 bits per heavy atom. The minimum atomic E-state index is -0.251. The van der Waals surface area contributed by atoms with Gasteiger partial charge in [0.15, 0.2) is 0 Å². The van der Waals surface area contributed by atoms with Crippen LogP contribution in [0.15, 0.2) is 30.6 Å². The van der Waals surface area contributed by atoms with Gasteiger partial charge >= 0.3 is 5.97 Å². The second-order valence-corrected chi connectivity index (χ2v) is 6.49. The number of hydrogen-bond acceptors (Lipinski definition) is 5. The second-order valence-electron chi connectivity index (χ2n) is 6.49. The first-order chi connectivity index (χ1) is 13.1. The Hall–Kier alpha value is -2.73. The van der Waals surface area contributed by atoms with E-state index >= 15 is 0 Å². The lowest BCUT2D eigenvalue weighted by Crippen LogP contribution is -2.11. The van der Waals surface area contributed by atoms with Crippen LogP contribution in [-0.2, 0) is 29.0 Å². The minimum absolute atomic E-state index is 0.193. The van der Waals surface area contributed by atoms with E-state index < -0.39 is 0 Å². The van der Waals surface area contributed by atoms with Crippen molar-refractivity contribution >= 4 is 11.5 Å². The molecule has 0 bridgehead atoms. The van der Waals surface area contributed by atoms with Gasteiger partial charge in [0, 0.05) is 35.6 Å².